The van der Waals surface area contributed by atoms with Gasteiger partial charge in [0.1, 0.15) is 27.0 Å². The van der Waals surface area contributed by atoms with Gasteiger partial charge in [-0.15, -0.1) is 0 Å². The molecule has 5 rings (SSSR count). The normalized spacial score (nSPS) is 16.9. The summed E-state index contributed by atoms with van der Waals surface area (Å²) in [4.78, 5) is 24.4. The van der Waals surface area contributed by atoms with Gasteiger partial charge in [-0.3, -0.25) is 19.7 Å². The zero-order valence-electron chi connectivity index (χ0n) is 25.9. The summed E-state index contributed by atoms with van der Waals surface area (Å²) in [5, 5.41) is 4.13. The molecule has 1 atom stereocenters. The molecule has 1 saturated carbocycles. The summed E-state index contributed by atoms with van der Waals surface area (Å²) >= 11 is 6.42. The summed E-state index contributed by atoms with van der Waals surface area (Å²) in [5.41, 5.74) is 2.11. The van der Waals surface area contributed by atoms with Crippen LogP contribution in [-0.4, -0.2) is 47.3 Å². The molecule has 0 bridgehead atoms. The molecule has 3 aromatic rings. The number of aromatic nitrogens is 2. The van der Waals surface area contributed by atoms with Gasteiger partial charge in [0.05, 0.1) is 19.8 Å². The maximum Gasteiger partial charge on any atom is 0.256 e. The lowest BCUT2D eigenvalue weighted by atomic mass is 9.98. The molecule has 1 N–H and O–H groups in total. The minimum absolute atomic E-state index is 0.0140. The number of nitrogens with one attached hydrogen (secondary N) is 1. The van der Waals surface area contributed by atoms with Gasteiger partial charge in [0.25, 0.3) is 5.91 Å². The van der Waals surface area contributed by atoms with Crippen molar-refractivity contribution in [3.8, 4) is 0 Å². The highest BCUT2D eigenvalue weighted by Crippen LogP contribution is 2.40. The molecule has 3 heterocycles. The first kappa shape index (κ1) is 33.2. The van der Waals surface area contributed by atoms with Crippen LogP contribution in [0.25, 0.3) is 0 Å². The number of unbranched alkanes of at least 4 members (excludes halogenated alkanes) is 1. The van der Waals surface area contributed by atoms with Crippen molar-refractivity contribution < 1.29 is 27.2 Å². The van der Waals surface area contributed by atoms with E-state index in [9.17, 15) is 13.2 Å². The van der Waals surface area contributed by atoms with Gasteiger partial charge in [-0.25, -0.2) is 8.42 Å². The summed E-state index contributed by atoms with van der Waals surface area (Å²) in [6, 6.07) is 8.85. The monoisotopic (exact) mass is 657 g/mol. The lowest BCUT2D eigenvalue weighted by Gasteiger charge is -2.23. The Hall–Kier alpha value is -3.16. The number of nitrogens with zero attached hydrogens (tertiary/aromatic N) is 4. The minimum Gasteiger partial charge on any atom is -0.377 e. The zero-order chi connectivity index (χ0) is 32.0. The quantitative estimate of drug-likeness (QED) is 0.196. The first-order valence-electron chi connectivity index (χ1n) is 15.4. The van der Waals surface area contributed by atoms with Crippen LogP contribution in [0.2, 0.25) is 5.02 Å². The summed E-state index contributed by atoms with van der Waals surface area (Å²) < 4.78 is 46.0. The highest BCUT2D eigenvalue weighted by molar-refractivity contribution is 7.89. The topological polar surface area (TPSA) is 136 Å². The molecule has 2 aliphatic rings. The molecule has 1 aliphatic carbocycles. The first-order chi connectivity index (χ1) is 21.7. The number of ether oxygens (including phenoxy) is 2. The molecule has 0 radical (unpaired) electrons. The number of benzene rings is 1. The Labute approximate surface area is 269 Å². The first-order valence-corrected chi connectivity index (χ1v) is 17.3. The molecular weight excluding hydrogens is 618 g/mol. The predicted octanol–water partition coefficient (Wildman–Crippen LogP) is 6.01. The van der Waals surface area contributed by atoms with E-state index in [4.69, 9.17) is 30.6 Å². The number of carbonyl (C=O) groups is 1. The van der Waals surface area contributed by atoms with Crippen LogP contribution in [0.15, 0.2) is 57.1 Å². The molecule has 45 heavy (non-hydrogen) atoms. The lowest BCUT2D eigenvalue weighted by Crippen LogP contribution is -2.40. The molecular formula is C32H40ClN5O6S. The number of aryl methyl sites for hydroxylation is 1. The Kier molecular flexibility index (Phi) is 10.7. The van der Waals surface area contributed by atoms with E-state index in [1.54, 1.807) is 6.92 Å². The second-order valence-electron chi connectivity index (χ2n) is 11.4. The number of carbonyl (C=O) groups excluding carboxylic acids is 1. The minimum atomic E-state index is -4.04. The Balaban J connectivity index is 1.38. The van der Waals surface area contributed by atoms with Crippen molar-refractivity contribution in [1.82, 2.24) is 19.8 Å². The van der Waals surface area contributed by atoms with E-state index in [1.807, 2.05) is 30.0 Å². The lowest BCUT2D eigenvalue weighted by molar-refractivity contribution is -0.131. The number of hydrogen-bond acceptors (Lipinski definition) is 9. The van der Waals surface area contributed by atoms with Crippen LogP contribution in [0, 0.1) is 6.92 Å². The number of halogens is 1. The van der Waals surface area contributed by atoms with Crippen LogP contribution < -0.4 is 4.72 Å². The van der Waals surface area contributed by atoms with Gasteiger partial charge < -0.3 is 14.0 Å². The van der Waals surface area contributed by atoms with E-state index in [0.717, 1.165) is 67.5 Å². The maximum absolute atomic E-state index is 13.7. The molecule has 11 nitrogen and oxygen atoms in total. The summed E-state index contributed by atoms with van der Waals surface area (Å²) in [6.45, 7) is 6.94. The molecule has 1 aromatic carbocycles. The van der Waals surface area contributed by atoms with Gasteiger partial charge in [-0.2, -0.15) is 4.72 Å². The van der Waals surface area contributed by atoms with E-state index in [0.29, 0.717) is 25.5 Å². The van der Waals surface area contributed by atoms with Gasteiger partial charge in [-0.05, 0) is 61.9 Å². The summed E-state index contributed by atoms with van der Waals surface area (Å²) in [6.07, 6.45) is 7.93. The molecule has 1 spiro atoms. The second-order valence-corrected chi connectivity index (χ2v) is 13.5. The number of amides is 1. The number of aliphatic imine (C=N–C) groups is 1. The molecule has 2 aromatic heterocycles. The molecule has 0 saturated heterocycles. The van der Waals surface area contributed by atoms with Gasteiger partial charge in [0, 0.05) is 25.4 Å². The average Bonchev–Trinajstić information content (AvgIpc) is 3.72. The third-order valence-electron chi connectivity index (χ3n) is 8.23. The van der Waals surface area contributed by atoms with Gasteiger partial charge in [-0.1, -0.05) is 61.1 Å². The van der Waals surface area contributed by atoms with Crippen molar-refractivity contribution in [2.24, 2.45) is 4.99 Å². The molecule has 242 valence electrons. The Morgan fingerprint density at radius 2 is 1.96 bits per heavy atom. The third-order valence-corrected chi connectivity index (χ3v) is 10.1. The third kappa shape index (κ3) is 7.47. The Bertz CT molecular complexity index is 1620. The van der Waals surface area contributed by atoms with Crippen molar-refractivity contribution in [2.45, 2.75) is 102 Å². The second kappa shape index (κ2) is 14.5. The summed E-state index contributed by atoms with van der Waals surface area (Å²) in [5.74, 6) is 1.32. The zero-order valence-corrected chi connectivity index (χ0v) is 27.5. The fourth-order valence-electron chi connectivity index (χ4n) is 5.74. The van der Waals surface area contributed by atoms with Crippen LogP contribution in [-0.2, 0) is 44.1 Å². The largest absolute Gasteiger partial charge is 0.377 e. The van der Waals surface area contributed by atoms with Crippen LogP contribution in [0.4, 0.5) is 0 Å². The Morgan fingerprint density at radius 3 is 2.62 bits per heavy atom. The molecule has 13 heteroatoms. The van der Waals surface area contributed by atoms with Crippen LogP contribution in [0.1, 0.15) is 93.2 Å². The van der Waals surface area contributed by atoms with Gasteiger partial charge in [0.2, 0.25) is 10.0 Å². The van der Waals surface area contributed by atoms with E-state index in [1.165, 1.54) is 24.5 Å². The smallest absolute Gasteiger partial charge is 0.256 e. The van der Waals surface area contributed by atoms with Gasteiger partial charge >= 0.3 is 0 Å². The SMILES string of the molecule is CCCCC1=NC2(CCCC2)C(=O)N1Cc1ccc(COC(NS(=O)(=O)c2cccnc2)c2noc(C)c2Cl)c(COCC)c1. The van der Waals surface area contributed by atoms with E-state index >= 15 is 0 Å². The highest BCUT2D eigenvalue weighted by Gasteiger charge is 2.49. The molecule has 1 aliphatic heterocycles. The van der Waals surface area contributed by atoms with Crippen molar-refractivity contribution in [3.05, 3.63) is 75.9 Å². The van der Waals surface area contributed by atoms with Crippen molar-refractivity contribution in [3.63, 3.8) is 0 Å². The number of amidine groups is 1. The van der Waals surface area contributed by atoms with Crippen molar-refractivity contribution in [1.29, 1.82) is 0 Å². The van der Waals surface area contributed by atoms with Crippen molar-refractivity contribution >= 4 is 33.4 Å². The van der Waals surface area contributed by atoms with E-state index in [2.05, 4.69) is 21.8 Å². The van der Waals surface area contributed by atoms with E-state index in [-0.39, 0.29) is 28.1 Å². The number of sulfonamides is 1. The fourth-order valence-corrected chi connectivity index (χ4v) is 6.97. The van der Waals surface area contributed by atoms with Crippen LogP contribution in [0.3, 0.4) is 0 Å². The number of pyridine rings is 1. The number of hydrogen-bond donors (Lipinski definition) is 1. The standard InChI is InChI=1S/C32H40ClN5O6S/c1-4-6-11-27-35-32(14-7-8-15-32)31(39)38(27)19-23-12-13-24(25(17-23)20-42-5-2)21-43-30(29-28(33)22(3)44-36-29)37-45(40,41)26-10-9-16-34-18-26/h9-10,12-13,16-18,30,37H,4-8,11,14-15,19-21H2,1-3H3. The Morgan fingerprint density at radius 1 is 1.16 bits per heavy atom. The van der Waals surface area contributed by atoms with E-state index < -0.39 is 21.8 Å². The van der Waals surface area contributed by atoms with Crippen LogP contribution >= 0.6 is 11.6 Å². The fraction of sp³-hybridized carbons (Fsp3) is 0.500. The highest BCUT2D eigenvalue weighted by atomic mass is 35.5. The maximum atomic E-state index is 13.7. The average molecular weight is 658 g/mol. The molecule has 1 unspecified atom stereocenters. The number of rotatable bonds is 15. The predicted molar refractivity (Wildman–Crippen MR) is 169 cm³/mol. The van der Waals surface area contributed by atoms with Crippen LogP contribution in [0.5, 0.6) is 0 Å². The molecule has 1 fully saturated rings. The van der Waals surface area contributed by atoms with Crippen molar-refractivity contribution in [2.75, 3.05) is 6.61 Å². The molecule has 1 amide bonds. The summed E-state index contributed by atoms with van der Waals surface area (Å²) in [7, 11) is -4.04. The van der Waals surface area contributed by atoms with Gasteiger partial charge in [0.15, 0.2) is 12.0 Å².